The van der Waals surface area contributed by atoms with E-state index in [9.17, 15) is 14.4 Å². The van der Waals surface area contributed by atoms with Crippen LogP contribution in [0.15, 0.2) is 0 Å². The van der Waals surface area contributed by atoms with Crippen LogP contribution in [0.5, 0.6) is 0 Å². The summed E-state index contributed by atoms with van der Waals surface area (Å²) in [5.41, 5.74) is 0. The number of hydrogen-bond donors (Lipinski definition) is 2. The van der Waals surface area contributed by atoms with Gasteiger partial charge in [0.15, 0.2) is 0 Å². The lowest BCUT2D eigenvalue weighted by Gasteiger charge is -2.11. The van der Waals surface area contributed by atoms with Crippen LogP contribution in [0.1, 0.15) is 66.2 Å². The first-order valence-corrected chi connectivity index (χ1v) is 7.49. The minimum Gasteiger partial charge on any atom is -0.354 e. The Morgan fingerprint density at radius 2 is 1.10 bits per heavy atom. The van der Waals surface area contributed by atoms with Crippen LogP contribution < -0.4 is 10.6 Å². The second-order valence-corrected chi connectivity index (χ2v) is 5.29. The lowest BCUT2D eigenvalue weighted by molar-refractivity contribution is -0.127. The van der Waals surface area contributed by atoms with Gasteiger partial charge < -0.3 is 10.6 Å². The van der Waals surface area contributed by atoms with E-state index >= 15 is 0 Å². The Bertz CT molecular complexity index is 299. The molecule has 0 aliphatic carbocycles. The first-order valence-electron chi connectivity index (χ1n) is 7.49. The van der Waals surface area contributed by atoms with Gasteiger partial charge in [0.05, 0.1) is 0 Å². The van der Waals surface area contributed by atoms with Crippen LogP contribution >= 0.6 is 0 Å². The molecule has 2 atom stereocenters. The molecule has 0 bridgehead atoms. The number of nitrogens with one attached hydrogen (secondary N) is 2. The fraction of sp³-hybridized carbons (Fsp3) is 0.800. The Labute approximate surface area is 121 Å². The molecule has 2 N–H and O–H groups in total. The summed E-state index contributed by atoms with van der Waals surface area (Å²) in [4.78, 5) is 34.6. The van der Waals surface area contributed by atoms with Crippen molar-refractivity contribution in [1.82, 2.24) is 10.6 Å². The van der Waals surface area contributed by atoms with Gasteiger partial charge >= 0.3 is 0 Å². The lowest BCUT2D eigenvalue weighted by Crippen LogP contribution is -2.32. The fourth-order valence-corrected chi connectivity index (χ4v) is 1.53. The molecule has 5 nitrogen and oxygen atoms in total. The first kappa shape index (κ1) is 18.6. The smallest absolute Gasteiger partial charge is 0.220 e. The molecule has 0 radical (unpaired) electrons. The number of hydrogen-bond acceptors (Lipinski definition) is 3. The van der Waals surface area contributed by atoms with E-state index in [4.69, 9.17) is 0 Å². The zero-order valence-electron chi connectivity index (χ0n) is 13.1. The van der Waals surface area contributed by atoms with Crippen LogP contribution in [-0.2, 0) is 14.4 Å². The van der Waals surface area contributed by atoms with E-state index in [0.29, 0.717) is 0 Å². The maximum absolute atomic E-state index is 11.6. The molecule has 5 heteroatoms. The van der Waals surface area contributed by atoms with E-state index in [2.05, 4.69) is 10.6 Å². The SMILES string of the molecule is CCC(C)NC(=O)CCC(=O)CCC(=O)NC(C)CC. The molecule has 0 heterocycles. The highest BCUT2D eigenvalue weighted by Crippen LogP contribution is 2.01. The minimum atomic E-state index is -0.100. The Balaban J connectivity index is 3.78. The third-order valence-electron chi connectivity index (χ3n) is 3.30. The lowest BCUT2D eigenvalue weighted by atomic mass is 10.1. The Hall–Kier alpha value is -1.39. The highest BCUT2D eigenvalue weighted by molar-refractivity contribution is 5.88. The maximum atomic E-state index is 11.6. The molecule has 20 heavy (non-hydrogen) atoms. The predicted molar refractivity (Wildman–Crippen MR) is 79.3 cm³/mol. The fourth-order valence-electron chi connectivity index (χ4n) is 1.53. The summed E-state index contributed by atoms with van der Waals surface area (Å²) in [5.74, 6) is -0.239. The van der Waals surface area contributed by atoms with Crippen LogP contribution in [0, 0.1) is 0 Å². The molecule has 0 aromatic rings. The quantitative estimate of drug-likeness (QED) is 0.644. The zero-order chi connectivity index (χ0) is 15.5. The van der Waals surface area contributed by atoms with Crippen molar-refractivity contribution in [3.8, 4) is 0 Å². The summed E-state index contributed by atoms with van der Waals surface area (Å²) >= 11 is 0. The summed E-state index contributed by atoms with van der Waals surface area (Å²) in [6.07, 6.45) is 2.56. The summed E-state index contributed by atoms with van der Waals surface area (Å²) < 4.78 is 0. The van der Waals surface area contributed by atoms with Crippen LogP contribution in [-0.4, -0.2) is 29.7 Å². The van der Waals surface area contributed by atoms with Crippen molar-refractivity contribution in [2.24, 2.45) is 0 Å². The van der Waals surface area contributed by atoms with Gasteiger partial charge in [0.25, 0.3) is 0 Å². The largest absolute Gasteiger partial charge is 0.354 e. The van der Waals surface area contributed by atoms with Crippen molar-refractivity contribution in [3.63, 3.8) is 0 Å². The average molecular weight is 284 g/mol. The summed E-state index contributed by atoms with van der Waals surface area (Å²) in [6.45, 7) is 7.84. The molecule has 0 aromatic heterocycles. The first-order chi connectivity index (χ1) is 9.38. The second-order valence-electron chi connectivity index (χ2n) is 5.29. The van der Waals surface area contributed by atoms with Crippen LogP contribution in [0.4, 0.5) is 0 Å². The van der Waals surface area contributed by atoms with Crippen molar-refractivity contribution in [2.45, 2.75) is 78.3 Å². The Morgan fingerprint density at radius 1 is 0.750 bits per heavy atom. The summed E-state index contributed by atoms with van der Waals surface area (Å²) in [5, 5.41) is 5.63. The molecule has 2 amide bonds. The third kappa shape index (κ3) is 9.53. The maximum Gasteiger partial charge on any atom is 0.220 e. The normalized spacial score (nSPS) is 13.4. The van der Waals surface area contributed by atoms with Crippen molar-refractivity contribution < 1.29 is 14.4 Å². The second kappa shape index (κ2) is 10.4. The molecular weight excluding hydrogens is 256 g/mol. The Morgan fingerprint density at radius 3 is 1.40 bits per heavy atom. The van der Waals surface area contributed by atoms with Crippen molar-refractivity contribution >= 4 is 17.6 Å². The van der Waals surface area contributed by atoms with Crippen molar-refractivity contribution in [3.05, 3.63) is 0 Å². The van der Waals surface area contributed by atoms with Gasteiger partial charge in [0.2, 0.25) is 11.8 Å². The van der Waals surface area contributed by atoms with Gasteiger partial charge in [-0.2, -0.15) is 0 Å². The molecule has 0 aromatic carbocycles. The van der Waals surface area contributed by atoms with Crippen molar-refractivity contribution in [2.75, 3.05) is 0 Å². The summed E-state index contributed by atoms with van der Waals surface area (Å²) in [7, 11) is 0. The van der Waals surface area contributed by atoms with E-state index in [1.54, 1.807) is 0 Å². The molecule has 0 rings (SSSR count). The van der Waals surface area contributed by atoms with Gasteiger partial charge in [0.1, 0.15) is 5.78 Å². The standard InChI is InChI=1S/C15H28N2O3/c1-5-11(3)16-14(19)9-7-13(18)8-10-15(20)17-12(4)6-2/h11-12H,5-10H2,1-4H3,(H,16,19)(H,17,20). The number of Topliss-reactive ketones (excluding diaryl/α,β-unsaturated/α-hetero) is 1. The molecule has 116 valence electrons. The number of carbonyl (C=O) groups excluding carboxylic acids is 3. The van der Waals surface area contributed by atoms with Gasteiger partial charge in [-0.05, 0) is 26.7 Å². The number of carbonyl (C=O) groups is 3. The van der Waals surface area contributed by atoms with Crippen molar-refractivity contribution in [1.29, 1.82) is 0 Å². The van der Waals surface area contributed by atoms with E-state index in [0.717, 1.165) is 12.8 Å². The van der Waals surface area contributed by atoms with Gasteiger partial charge in [-0.25, -0.2) is 0 Å². The van der Waals surface area contributed by atoms with Gasteiger partial charge in [0, 0.05) is 37.8 Å². The van der Waals surface area contributed by atoms with E-state index < -0.39 is 0 Å². The van der Waals surface area contributed by atoms with Crippen LogP contribution in [0.25, 0.3) is 0 Å². The van der Waals surface area contributed by atoms with Crippen LogP contribution in [0.3, 0.4) is 0 Å². The molecule has 0 spiro atoms. The molecule has 0 aliphatic rings. The van der Waals surface area contributed by atoms with Gasteiger partial charge in [-0.15, -0.1) is 0 Å². The minimum absolute atomic E-state index is 0.0383. The van der Waals surface area contributed by atoms with E-state index in [1.165, 1.54) is 0 Å². The average Bonchev–Trinajstić information content (AvgIpc) is 2.42. The van der Waals surface area contributed by atoms with Crippen LogP contribution in [0.2, 0.25) is 0 Å². The highest BCUT2D eigenvalue weighted by Gasteiger charge is 2.11. The number of ketones is 1. The molecule has 0 saturated carbocycles. The van der Waals surface area contributed by atoms with Gasteiger partial charge in [-0.1, -0.05) is 13.8 Å². The third-order valence-corrected chi connectivity index (χ3v) is 3.30. The van der Waals surface area contributed by atoms with E-state index in [-0.39, 0.29) is 55.4 Å². The molecule has 0 saturated heterocycles. The molecule has 2 unspecified atom stereocenters. The molecule has 0 aliphatic heterocycles. The summed E-state index contributed by atoms with van der Waals surface area (Å²) in [6, 6.07) is 0.276. The van der Waals surface area contributed by atoms with Gasteiger partial charge in [-0.3, -0.25) is 14.4 Å². The Kier molecular flexibility index (Phi) is 9.68. The highest BCUT2D eigenvalue weighted by atomic mass is 16.2. The molecule has 0 fully saturated rings. The van der Waals surface area contributed by atoms with E-state index in [1.807, 2.05) is 27.7 Å². The number of amides is 2. The monoisotopic (exact) mass is 284 g/mol. The topological polar surface area (TPSA) is 75.3 Å². The molecular formula is C15H28N2O3. The predicted octanol–water partition coefficient (Wildman–Crippen LogP) is 1.95. The number of rotatable bonds is 10. The zero-order valence-corrected chi connectivity index (χ0v) is 13.1.